The molecule has 2 amide bonds. The smallest absolute Gasteiger partial charge is 0.233 e. The summed E-state index contributed by atoms with van der Waals surface area (Å²) < 4.78 is 0. The molecular formula is C23H42N2O2. The zero-order chi connectivity index (χ0) is 21.2. The molecule has 2 aliphatic rings. The Balaban J connectivity index is 2.47. The number of carbonyl (C=O) groups excluding carboxylic acids is 2. The summed E-state index contributed by atoms with van der Waals surface area (Å²) in [5.74, 6) is -0.238. The second kappa shape index (κ2) is 6.57. The Morgan fingerprint density at radius 3 is 1.74 bits per heavy atom. The largest absolute Gasteiger partial charge is 0.307 e. The third-order valence-corrected chi connectivity index (χ3v) is 6.76. The lowest BCUT2D eigenvalue weighted by Crippen LogP contribution is -2.63. The van der Waals surface area contributed by atoms with Gasteiger partial charge in [0.15, 0.2) is 0 Å². The van der Waals surface area contributed by atoms with E-state index in [0.717, 1.165) is 12.8 Å². The standard InChI is InChI=1S/C23H42N2O2/c1-14(20(2,3)4)16-17(21(5,6)7)19(27)25(18(16)26)15-12-22(8,9)24-23(10,11)13-15/h14-17,24H,12-13H2,1-11H3. The molecule has 4 heteroatoms. The van der Waals surface area contributed by atoms with Crippen LogP contribution in [0.1, 0.15) is 89.0 Å². The number of nitrogens with one attached hydrogen (secondary N) is 1. The SMILES string of the molecule is CC(C1C(=O)N(C2CC(C)(C)NC(C)(C)C2)C(=O)C1C(C)(C)C)C(C)(C)C. The molecular weight excluding hydrogens is 336 g/mol. The van der Waals surface area contributed by atoms with Crippen LogP contribution in [0.4, 0.5) is 0 Å². The maximum Gasteiger partial charge on any atom is 0.233 e. The van der Waals surface area contributed by atoms with Crippen LogP contribution >= 0.6 is 0 Å². The van der Waals surface area contributed by atoms with Crippen molar-refractivity contribution in [3.63, 3.8) is 0 Å². The molecule has 0 aliphatic carbocycles. The number of rotatable bonds is 2. The first kappa shape index (κ1) is 22.4. The van der Waals surface area contributed by atoms with Crippen LogP contribution in [-0.4, -0.2) is 33.8 Å². The fourth-order valence-electron chi connectivity index (χ4n) is 5.48. The summed E-state index contributed by atoms with van der Waals surface area (Å²) in [7, 11) is 0. The van der Waals surface area contributed by atoms with Gasteiger partial charge in [-0.25, -0.2) is 0 Å². The lowest BCUT2D eigenvalue weighted by atomic mass is 9.64. The van der Waals surface area contributed by atoms with Gasteiger partial charge in [0.2, 0.25) is 11.8 Å². The van der Waals surface area contributed by atoms with Crippen molar-refractivity contribution in [1.82, 2.24) is 10.2 Å². The first-order chi connectivity index (χ1) is 11.9. The molecule has 0 aromatic carbocycles. The first-order valence-corrected chi connectivity index (χ1v) is 10.5. The van der Waals surface area contributed by atoms with Gasteiger partial charge in [-0.1, -0.05) is 48.5 Å². The predicted molar refractivity (Wildman–Crippen MR) is 111 cm³/mol. The normalized spacial score (nSPS) is 30.7. The highest BCUT2D eigenvalue weighted by molar-refractivity contribution is 6.06. The topological polar surface area (TPSA) is 49.4 Å². The van der Waals surface area contributed by atoms with Crippen molar-refractivity contribution in [1.29, 1.82) is 0 Å². The number of hydrogen-bond acceptors (Lipinski definition) is 3. The van der Waals surface area contributed by atoms with Gasteiger partial charge in [0.05, 0.1) is 11.8 Å². The average Bonchev–Trinajstić information content (AvgIpc) is 2.63. The second-order valence-electron chi connectivity index (χ2n) is 12.5. The molecule has 3 unspecified atom stereocenters. The van der Waals surface area contributed by atoms with Crippen molar-refractivity contribution in [2.75, 3.05) is 0 Å². The van der Waals surface area contributed by atoms with Crippen LogP contribution in [0.25, 0.3) is 0 Å². The molecule has 0 aromatic heterocycles. The molecule has 1 N–H and O–H groups in total. The van der Waals surface area contributed by atoms with E-state index < -0.39 is 0 Å². The molecule has 156 valence electrons. The Morgan fingerprint density at radius 1 is 0.926 bits per heavy atom. The summed E-state index contributed by atoms with van der Waals surface area (Å²) >= 11 is 0. The molecule has 2 aliphatic heterocycles. The summed E-state index contributed by atoms with van der Waals surface area (Å²) in [4.78, 5) is 29.0. The van der Waals surface area contributed by atoms with Gasteiger partial charge in [0.1, 0.15) is 0 Å². The zero-order valence-electron chi connectivity index (χ0n) is 19.5. The van der Waals surface area contributed by atoms with E-state index in [9.17, 15) is 9.59 Å². The zero-order valence-corrected chi connectivity index (χ0v) is 19.5. The van der Waals surface area contributed by atoms with E-state index in [1.165, 1.54) is 0 Å². The lowest BCUT2D eigenvalue weighted by Gasteiger charge is -2.48. The van der Waals surface area contributed by atoms with Gasteiger partial charge in [-0.2, -0.15) is 0 Å². The van der Waals surface area contributed by atoms with E-state index in [1.54, 1.807) is 4.90 Å². The molecule has 2 fully saturated rings. The van der Waals surface area contributed by atoms with Crippen LogP contribution in [0.5, 0.6) is 0 Å². The number of likely N-dealkylation sites (tertiary alicyclic amines) is 1. The summed E-state index contributed by atoms with van der Waals surface area (Å²) in [5, 5.41) is 3.67. The van der Waals surface area contributed by atoms with Gasteiger partial charge in [0, 0.05) is 17.1 Å². The molecule has 0 saturated carbocycles. The van der Waals surface area contributed by atoms with Gasteiger partial charge >= 0.3 is 0 Å². The van der Waals surface area contributed by atoms with Crippen molar-refractivity contribution >= 4 is 11.8 Å². The number of carbonyl (C=O) groups is 2. The Kier molecular flexibility index (Phi) is 5.45. The van der Waals surface area contributed by atoms with Crippen molar-refractivity contribution < 1.29 is 9.59 Å². The number of piperidine rings is 1. The Morgan fingerprint density at radius 2 is 1.37 bits per heavy atom. The van der Waals surface area contributed by atoms with Gasteiger partial charge in [-0.15, -0.1) is 0 Å². The minimum Gasteiger partial charge on any atom is -0.307 e. The minimum absolute atomic E-state index is 0.0211. The molecule has 2 heterocycles. The molecule has 0 radical (unpaired) electrons. The van der Waals surface area contributed by atoms with E-state index in [1.807, 2.05) is 0 Å². The summed E-state index contributed by atoms with van der Waals surface area (Å²) in [6.07, 6.45) is 1.61. The molecule has 0 spiro atoms. The third-order valence-electron chi connectivity index (χ3n) is 6.76. The Hall–Kier alpha value is -0.900. The molecule has 3 atom stereocenters. The van der Waals surface area contributed by atoms with Crippen LogP contribution in [-0.2, 0) is 9.59 Å². The number of nitrogens with zero attached hydrogens (tertiary/aromatic N) is 1. The van der Waals surface area contributed by atoms with Crippen LogP contribution in [0, 0.1) is 28.6 Å². The minimum atomic E-state index is -0.250. The van der Waals surface area contributed by atoms with E-state index >= 15 is 0 Å². The highest BCUT2D eigenvalue weighted by Crippen LogP contribution is 2.49. The summed E-state index contributed by atoms with van der Waals surface area (Å²) in [6, 6.07) is -0.0294. The summed E-state index contributed by atoms with van der Waals surface area (Å²) in [5.41, 5.74) is -0.452. The van der Waals surface area contributed by atoms with Crippen LogP contribution < -0.4 is 5.32 Å². The number of imide groups is 1. The maximum absolute atomic E-state index is 13.7. The lowest BCUT2D eigenvalue weighted by molar-refractivity contribution is -0.145. The Labute approximate surface area is 166 Å². The van der Waals surface area contributed by atoms with Crippen LogP contribution in [0.3, 0.4) is 0 Å². The highest BCUT2D eigenvalue weighted by Gasteiger charge is 2.58. The van der Waals surface area contributed by atoms with Crippen LogP contribution in [0.15, 0.2) is 0 Å². The van der Waals surface area contributed by atoms with Gasteiger partial charge in [-0.3, -0.25) is 14.5 Å². The third kappa shape index (κ3) is 4.41. The monoisotopic (exact) mass is 378 g/mol. The van der Waals surface area contributed by atoms with Crippen molar-refractivity contribution in [2.24, 2.45) is 28.6 Å². The molecule has 27 heavy (non-hydrogen) atoms. The summed E-state index contributed by atoms with van der Waals surface area (Å²) in [6.45, 7) is 23.7. The molecule has 0 aromatic rings. The van der Waals surface area contributed by atoms with Crippen molar-refractivity contribution in [3.05, 3.63) is 0 Å². The van der Waals surface area contributed by atoms with E-state index in [0.29, 0.717) is 0 Å². The molecule has 2 rings (SSSR count). The van der Waals surface area contributed by atoms with Crippen LogP contribution in [0.2, 0.25) is 0 Å². The molecule has 0 bridgehead atoms. The van der Waals surface area contributed by atoms with E-state index in [2.05, 4.69) is 81.5 Å². The molecule has 4 nitrogen and oxygen atoms in total. The van der Waals surface area contributed by atoms with E-state index in [-0.39, 0.29) is 57.5 Å². The second-order valence-corrected chi connectivity index (χ2v) is 12.5. The van der Waals surface area contributed by atoms with Gasteiger partial charge in [0.25, 0.3) is 0 Å². The molecule has 2 saturated heterocycles. The highest BCUT2D eigenvalue weighted by atomic mass is 16.2. The van der Waals surface area contributed by atoms with Crippen molar-refractivity contribution in [3.8, 4) is 0 Å². The fraction of sp³-hybridized carbons (Fsp3) is 0.913. The van der Waals surface area contributed by atoms with Crippen molar-refractivity contribution in [2.45, 2.75) is 106 Å². The Bertz CT molecular complexity index is 591. The van der Waals surface area contributed by atoms with Gasteiger partial charge < -0.3 is 5.32 Å². The number of amides is 2. The first-order valence-electron chi connectivity index (χ1n) is 10.5. The number of hydrogen-bond donors (Lipinski definition) is 1. The maximum atomic E-state index is 13.7. The van der Waals surface area contributed by atoms with Gasteiger partial charge in [-0.05, 0) is 57.3 Å². The van der Waals surface area contributed by atoms with E-state index in [4.69, 9.17) is 0 Å². The average molecular weight is 379 g/mol. The predicted octanol–water partition coefficient (Wildman–Crippen LogP) is 4.63. The quantitative estimate of drug-likeness (QED) is 0.713. The fourth-order valence-corrected chi connectivity index (χ4v) is 5.48.